The van der Waals surface area contributed by atoms with Gasteiger partial charge in [0.1, 0.15) is 6.10 Å². The molecule has 10 heteroatoms. The molecule has 0 aliphatic heterocycles. The first-order valence-electron chi connectivity index (χ1n) is 11.8. The monoisotopic (exact) mass is 482 g/mol. The first kappa shape index (κ1) is 23.2. The van der Waals surface area contributed by atoms with E-state index in [9.17, 15) is 10.2 Å². The van der Waals surface area contributed by atoms with E-state index >= 15 is 0 Å². The maximum atomic E-state index is 10.8. The van der Waals surface area contributed by atoms with Crippen LogP contribution in [0.15, 0.2) is 47.6 Å². The summed E-state index contributed by atoms with van der Waals surface area (Å²) in [6.07, 6.45) is 3.87. The highest BCUT2D eigenvalue weighted by atomic mass is 32.2. The molecule has 9 nitrogen and oxygen atoms in total. The van der Waals surface area contributed by atoms with Crippen LogP contribution >= 0.6 is 11.8 Å². The van der Waals surface area contributed by atoms with Gasteiger partial charge in [-0.2, -0.15) is 0 Å². The second kappa shape index (κ2) is 9.99. The van der Waals surface area contributed by atoms with E-state index in [-0.39, 0.29) is 18.6 Å². The fourth-order valence-corrected chi connectivity index (χ4v) is 5.40. The molecule has 2 heterocycles. The normalized spacial score (nSPS) is 28.7. The van der Waals surface area contributed by atoms with Gasteiger partial charge in [-0.05, 0) is 24.8 Å². The third kappa shape index (κ3) is 4.55. The fourth-order valence-electron chi connectivity index (χ4n) is 4.70. The zero-order chi connectivity index (χ0) is 23.7. The van der Waals surface area contributed by atoms with Crippen LogP contribution < -0.4 is 5.32 Å². The van der Waals surface area contributed by atoms with Gasteiger partial charge < -0.3 is 20.6 Å². The zero-order valence-electron chi connectivity index (χ0n) is 19.0. The molecular formula is C24H30N6O3S. The van der Waals surface area contributed by atoms with E-state index in [0.717, 1.165) is 18.6 Å². The molecule has 0 spiro atoms. The van der Waals surface area contributed by atoms with E-state index in [2.05, 4.69) is 46.8 Å². The van der Waals surface area contributed by atoms with Crippen LogP contribution in [0.3, 0.4) is 0 Å². The molecule has 2 fully saturated rings. The summed E-state index contributed by atoms with van der Waals surface area (Å²) in [4.78, 5) is 9.48. The zero-order valence-corrected chi connectivity index (χ0v) is 19.8. The molecule has 0 amide bonds. The van der Waals surface area contributed by atoms with E-state index in [1.54, 1.807) is 28.6 Å². The second-order valence-corrected chi connectivity index (χ2v) is 10.0. The van der Waals surface area contributed by atoms with Crippen molar-refractivity contribution in [2.24, 2.45) is 5.92 Å². The van der Waals surface area contributed by atoms with Crippen LogP contribution in [0, 0.1) is 5.92 Å². The number of hydrogen-bond donors (Lipinski definition) is 4. The van der Waals surface area contributed by atoms with Gasteiger partial charge in [0.2, 0.25) is 0 Å². The van der Waals surface area contributed by atoms with E-state index < -0.39 is 18.2 Å². The van der Waals surface area contributed by atoms with E-state index in [4.69, 9.17) is 15.1 Å². The Kier molecular flexibility index (Phi) is 6.82. The van der Waals surface area contributed by atoms with Crippen molar-refractivity contribution in [1.29, 1.82) is 0 Å². The van der Waals surface area contributed by atoms with Gasteiger partial charge in [-0.1, -0.05) is 66.4 Å². The van der Waals surface area contributed by atoms with E-state index in [1.807, 2.05) is 6.07 Å². The van der Waals surface area contributed by atoms with Gasteiger partial charge in [-0.25, -0.2) is 14.6 Å². The molecule has 0 saturated heterocycles. The number of fused-ring (bicyclic) bond motifs is 1. The van der Waals surface area contributed by atoms with Crippen molar-refractivity contribution in [3.63, 3.8) is 0 Å². The van der Waals surface area contributed by atoms with Crippen LogP contribution in [0.25, 0.3) is 11.2 Å². The topological polar surface area (TPSA) is 129 Å². The molecule has 34 heavy (non-hydrogen) atoms. The minimum Gasteiger partial charge on any atom is -0.392 e. The Labute approximate surface area is 202 Å². The standard InChI is InChI=1S/C24H30N6O3S/c1-2-11-34-24-26-22(25-17-13-16(17)14-7-4-3-5-8-14)19-23(27-24)30(29-28-19)18-12-15(9-6-10-31)20(32)21(18)33/h3-9,15-18,20-21,31-33H,2,10-13H2,1H3,(H,25,26,27)/t15-,16?,17?,18+,20+,21-/m0/s1. The van der Waals surface area contributed by atoms with Gasteiger partial charge >= 0.3 is 0 Å². The lowest BCUT2D eigenvalue weighted by atomic mass is 10.1. The van der Waals surface area contributed by atoms with Crippen LogP contribution in [-0.2, 0) is 0 Å². The summed E-state index contributed by atoms with van der Waals surface area (Å²) in [6, 6.07) is 10.2. The van der Waals surface area contributed by atoms with Crippen molar-refractivity contribution in [2.45, 2.75) is 61.6 Å². The first-order valence-corrected chi connectivity index (χ1v) is 12.8. The van der Waals surface area contributed by atoms with Crippen LogP contribution in [0.4, 0.5) is 5.82 Å². The molecule has 1 aromatic carbocycles. The molecule has 180 valence electrons. The van der Waals surface area contributed by atoms with Crippen molar-refractivity contribution in [3.8, 4) is 0 Å². The number of rotatable bonds is 9. The van der Waals surface area contributed by atoms with Crippen molar-refractivity contribution in [1.82, 2.24) is 25.0 Å². The number of aliphatic hydroxyl groups excluding tert-OH is 3. The Morgan fingerprint density at radius 1 is 1.15 bits per heavy atom. The van der Waals surface area contributed by atoms with Gasteiger partial charge in [0.15, 0.2) is 22.1 Å². The van der Waals surface area contributed by atoms with Crippen LogP contribution in [0.2, 0.25) is 0 Å². The van der Waals surface area contributed by atoms with E-state index in [0.29, 0.717) is 34.5 Å². The second-order valence-electron chi connectivity index (χ2n) is 8.97. The van der Waals surface area contributed by atoms with Gasteiger partial charge in [-0.15, -0.1) is 5.10 Å². The maximum absolute atomic E-state index is 10.8. The Morgan fingerprint density at radius 2 is 1.97 bits per heavy atom. The van der Waals surface area contributed by atoms with Crippen molar-refractivity contribution < 1.29 is 15.3 Å². The smallest absolute Gasteiger partial charge is 0.191 e. The largest absolute Gasteiger partial charge is 0.392 e. The van der Waals surface area contributed by atoms with Gasteiger partial charge in [0.05, 0.1) is 18.8 Å². The van der Waals surface area contributed by atoms with Crippen LogP contribution in [0.5, 0.6) is 0 Å². The number of anilines is 1. The number of nitrogens with one attached hydrogen (secondary N) is 1. The predicted molar refractivity (Wildman–Crippen MR) is 131 cm³/mol. The Hall–Kier alpha value is -2.53. The molecule has 0 radical (unpaired) electrons. The third-order valence-corrected chi connectivity index (χ3v) is 7.63. The summed E-state index contributed by atoms with van der Waals surface area (Å²) in [5.41, 5.74) is 2.42. The van der Waals surface area contributed by atoms with Gasteiger partial charge in [-0.3, -0.25) is 0 Å². The molecule has 6 atom stereocenters. The Balaban J connectivity index is 1.45. The number of benzene rings is 1. The highest BCUT2D eigenvalue weighted by Crippen LogP contribution is 2.43. The average Bonchev–Trinajstić information content (AvgIpc) is 3.41. The van der Waals surface area contributed by atoms with Crippen molar-refractivity contribution in [3.05, 3.63) is 48.0 Å². The number of thioether (sulfide) groups is 1. The fraction of sp³-hybridized carbons (Fsp3) is 0.500. The minimum atomic E-state index is -1.01. The molecule has 5 rings (SSSR count). The van der Waals surface area contributed by atoms with Crippen LogP contribution in [-0.4, -0.2) is 70.9 Å². The maximum Gasteiger partial charge on any atom is 0.191 e. The number of nitrogens with zero attached hydrogens (tertiary/aromatic N) is 5. The highest BCUT2D eigenvalue weighted by molar-refractivity contribution is 7.99. The molecule has 0 bridgehead atoms. The van der Waals surface area contributed by atoms with E-state index in [1.165, 1.54) is 5.56 Å². The van der Waals surface area contributed by atoms with Gasteiger partial charge in [0, 0.05) is 23.6 Å². The van der Waals surface area contributed by atoms with Crippen molar-refractivity contribution in [2.75, 3.05) is 17.7 Å². The predicted octanol–water partition coefficient (Wildman–Crippen LogP) is 2.52. The summed E-state index contributed by atoms with van der Waals surface area (Å²) in [6.45, 7) is 2.00. The first-order chi connectivity index (χ1) is 16.6. The number of aliphatic hydroxyl groups is 3. The molecule has 3 aromatic rings. The number of hydrogen-bond acceptors (Lipinski definition) is 9. The molecule has 2 unspecified atom stereocenters. The Morgan fingerprint density at radius 3 is 2.74 bits per heavy atom. The summed E-state index contributed by atoms with van der Waals surface area (Å²) >= 11 is 1.58. The van der Waals surface area contributed by atoms with Crippen LogP contribution in [0.1, 0.15) is 43.7 Å². The minimum absolute atomic E-state index is 0.109. The lowest BCUT2D eigenvalue weighted by molar-refractivity contribution is 0.0115. The molecule has 2 saturated carbocycles. The lowest BCUT2D eigenvalue weighted by Crippen LogP contribution is -2.29. The molecule has 2 aliphatic rings. The lowest BCUT2D eigenvalue weighted by Gasteiger charge is -2.17. The molecule has 4 N–H and O–H groups in total. The van der Waals surface area contributed by atoms with Gasteiger partial charge in [0.25, 0.3) is 0 Å². The van der Waals surface area contributed by atoms with Crippen molar-refractivity contribution >= 4 is 28.7 Å². The summed E-state index contributed by atoms with van der Waals surface area (Å²) in [7, 11) is 0. The quantitative estimate of drug-likeness (QED) is 0.206. The molecule has 2 aliphatic carbocycles. The average molecular weight is 483 g/mol. The SMILES string of the molecule is CCCSc1nc(NC2CC2c2ccccc2)c2nnn([C@@H]3C[C@H](C=CCO)[C@@H](O)[C@H]3O)c2n1. The highest BCUT2D eigenvalue weighted by Gasteiger charge is 2.43. The third-order valence-electron chi connectivity index (χ3n) is 6.58. The number of aromatic nitrogens is 5. The summed E-state index contributed by atoms with van der Waals surface area (Å²) in [5.74, 6) is 1.70. The Bertz CT molecular complexity index is 1160. The summed E-state index contributed by atoms with van der Waals surface area (Å²) in [5, 5.41) is 43.3. The molecular weight excluding hydrogens is 452 g/mol. The molecule has 2 aromatic heterocycles. The summed E-state index contributed by atoms with van der Waals surface area (Å²) < 4.78 is 1.63.